The van der Waals surface area contributed by atoms with Crippen LogP contribution in [0.2, 0.25) is 0 Å². The van der Waals surface area contributed by atoms with Crippen molar-refractivity contribution in [2.45, 2.75) is 13.3 Å². The fraction of sp³-hybridized carbons (Fsp3) is 0.500. The molecular weight excluding hydrogens is 308 g/mol. The number of aromatic carboxylic acids is 1. The Morgan fingerprint density at radius 1 is 1.26 bits per heavy atom. The molecule has 4 nitrogen and oxygen atoms in total. The summed E-state index contributed by atoms with van der Waals surface area (Å²) in [6.07, 6.45) is 1.18. The number of carbonyl (C=O) groups is 1. The highest BCUT2D eigenvalue weighted by molar-refractivity contribution is 9.10. The highest BCUT2D eigenvalue weighted by atomic mass is 79.9. The number of hydrogen-bond acceptors (Lipinski definition) is 3. The van der Waals surface area contributed by atoms with Gasteiger partial charge in [-0.15, -0.1) is 0 Å². The zero-order valence-electron chi connectivity index (χ0n) is 11.1. The number of piperazine rings is 1. The fourth-order valence-electron chi connectivity index (χ4n) is 2.43. The van der Waals surface area contributed by atoms with Gasteiger partial charge in [-0.2, -0.15) is 0 Å². The Balaban J connectivity index is 2.09. The van der Waals surface area contributed by atoms with E-state index in [4.69, 9.17) is 5.11 Å². The highest BCUT2D eigenvalue weighted by Gasteiger charge is 2.18. The zero-order chi connectivity index (χ0) is 13.8. The van der Waals surface area contributed by atoms with Crippen molar-refractivity contribution < 1.29 is 9.90 Å². The van der Waals surface area contributed by atoms with Crippen LogP contribution in [0.25, 0.3) is 0 Å². The summed E-state index contributed by atoms with van der Waals surface area (Å²) in [5, 5.41) is 9.10. The lowest BCUT2D eigenvalue weighted by atomic mass is 10.1. The Hall–Kier alpha value is -1.07. The van der Waals surface area contributed by atoms with Gasteiger partial charge in [0.05, 0.1) is 5.56 Å². The van der Waals surface area contributed by atoms with E-state index in [0.717, 1.165) is 42.9 Å². The van der Waals surface area contributed by atoms with Gasteiger partial charge in [-0.25, -0.2) is 4.79 Å². The van der Waals surface area contributed by atoms with Gasteiger partial charge >= 0.3 is 5.97 Å². The molecule has 0 aromatic heterocycles. The maximum atomic E-state index is 11.1. The van der Waals surface area contributed by atoms with E-state index in [1.54, 1.807) is 12.1 Å². The van der Waals surface area contributed by atoms with Crippen LogP contribution >= 0.6 is 15.9 Å². The summed E-state index contributed by atoms with van der Waals surface area (Å²) in [5.74, 6) is -0.882. The summed E-state index contributed by atoms with van der Waals surface area (Å²) in [6.45, 7) is 7.34. The molecule has 0 aliphatic carbocycles. The smallest absolute Gasteiger partial charge is 0.335 e. The van der Waals surface area contributed by atoms with Crippen molar-refractivity contribution in [2.75, 3.05) is 37.6 Å². The average Bonchev–Trinajstić information content (AvgIpc) is 2.39. The minimum absolute atomic E-state index is 0.334. The third kappa shape index (κ3) is 3.70. The van der Waals surface area contributed by atoms with Crippen molar-refractivity contribution in [3.05, 3.63) is 28.2 Å². The Morgan fingerprint density at radius 2 is 1.95 bits per heavy atom. The van der Waals surface area contributed by atoms with Crippen LogP contribution in [0.4, 0.5) is 5.69 Å². The van der Waals surface area contributed by atoms with Crippen molar-refractivity contribution in [1.82, 2.24) is 4.90 Å². The van der Waals surface area contributed by atoms with Gasteiger partial charge in [0.1, 0.15) is 0 Å². The predicted molar refractivity (Wildman–Crippen MR) is 80.0 cm³/mol. The molecule has 0 bridgehead atoms. The lowest BCUT2D eigenvalue weighted by Gasteiger charge is -2.36. The van der Waals surface area contributed by atoms with Crippen LogP contribution < -0.4 is 4.90 Å². The molecule has 0 unspecified atom stereocenters. The van der Waals surface area contributed by atoms with Gasteiger partial charge in [0.2, 0.25) is 0 Å². The number of nitrogens with zero attached hydrogens (tertiary/aromatic N) is 2. The molecule has 1 aromatic carbocycles. The molecule has 0 amide bonds. The van der Waals surface area contributed by atoms with E-state index in [2.05, 4.69) is 32.7 Å². The molecule has 0 atom stereocenters. The molecule has 104 valence electrons. The first-order valence-corrected chi connectivity index (χ1v) is 7.40. The predicted octanol–water partition coefficient (Wildman–Crippen LogP) is 2.68. The SMILES string of the molecule is CCCN1CCN(c2cc(Br)cc(C(=O)O)c2)CC1. The molecule has 1 aromatic rings. The Morgan fingerprint density at radius 3 is 2.53 bits per heavy atom. The van der Waals surface area contributed by atoms with E-state index in [9.17, 15) is 4.79 Å². The molecule has 1 heterocycles. The van der Waals surface area contributed by atoms with E-state index >= 15 is 0 Å². The van der Waals surface area contributed by atoms with Crippen LogP contribution in [0.5, 0.6) is 0 Å². The summed E-state index contributed by atoms with van der Waals surface area (Å²) in [5.41, 5.74) is 1.32. The van der Waals surface area contributed by atoms with E-state index in [1.807, 2.05) is 6.07 Å². The molecule has 0 saturated carbocycles. The van der Waals surface area contributed by atoms with Crippen LogP contribution in [0, 0.1) is 0 Å². The first kappa shape index (κ1) is 14.3. The topological polar surface area (TPSA) is 43.8 Å². The van der Waals surface area contributed by atoms with Gasteiger partial charge in [0.25, 0.3) is 0 Å². The molecular formula is C14H19BrN2O2. The van der Waals surface area contributed by atoms with Gasteiger partial charge in [-0.3, -0.25) is 4.90 Å². The third-order valence-corrected chi connectivity index (χ3v) is 3.86. The molecule has 1 fully saturated rings. The molecule has 19 heavy (non-hydrogen) atoms. The number of halogens is 1. The van der Waals surface area contributed by atoms with E-state index in [0.29, 0.717) is 5.56 Å². The van der Waals surface area contributed by atoms with Crippen LogP contribution in [-0.4, -0.2) is 48.7 Å². The van der Waals surface area contributed by atoms with Gasteiger partial charge in [-0.1, -0.05) is 22.9 Å². The second kappa shape index (κ2) is 6.39. The average molecular weight is 327 g/mol. The first-order chi connectivity index (χ1) is 9.10. The lowest BCUT2D eigenvalue weighted by molar-refractivity contribution is 0.0697. The minimum Gasteiger partial charge on any atom is -0.478 e. The number of hydrogen-bond donors (Lipinski definition) is 1. The molecule has 1 aliphatic rings. The summed E-state index contributed by atoms with van der Waals surface area (Å²) >= 11 is 3.38. The minimum atomic E-state index is -0.882. The molecule has 1 N–H and O–H groups in total. The number of carboxylic acids is 1. The van der Waals surface area contributed by atoms with Gasteiger partial charge in [0, 0.05) is 36.3 Å². The van der Waals surface area contributed by atoms with E-state index < -0.39 is 5.97 Å². The zero-order valence-corrected chi connectivity index (χ0v) is 12.7. The summed E-state index contributed by atoms with van der Waals surface area (Å²) in [4.78, 5) is 15.8. The van der Waals surface area contributed by atoms with Crippen molar-refractivity contribution in [2.24, 2.45) is 0 Å². The standard InChI is InChI=1S/C14H19BrN2O2/c1-2-3-16-4-6-17(7-5-16)13-9-11(14(18)19)8-12(15)10-13/h8-10H,2-7H2,1H3,(H,18,19). The highest BCUT2D eigenvalue weighted by Crippen LogP contribution is 2.24. The Kier molecular flexibility index (Phi) is 4.82. The maximum Gasteiger partial charge on any atom is 0.335 e. The van der Waals surface area contributed by atoms with E-state index in [-0.39, 0.29) is 0 Å². The van der Waals surface area contributed by atoms with Crippen molar-refractivity contribution in [3.8, 4) is 0 Å². The summed E-state index contributed by atoms with van der Waals surface area (Å²) in [7, 11) is 0. The van der Waals surface area contributed by atoms with Crippen molar-refractivity contribution in [1.29, 1.82) is 0 Å². The Labute approximate surface area is 122 Å². The Bertz CT molecular complexity index is 457. The summed E-state index contributed by atoms with van der Waals surface area (Å²) in [6, 6.07) is 5.38. The summed E-state index contributed by atoms with van der Waals surface area (Å²) < 4.78 is 0.818. The quantitative estimate of drug-likeness (QED) is 0.923. The number of rotatable bonds is 4. The maximum absolute atomic E-state index is 11.1. The molecule has 1 aliphatic heterocycles. The molecule has 5 heteroatoms. The van der Waals surface area contributed by atoms with E-state index in [1.165, 1.54) is 6.42 Å². The second-order valence-electron chi connectivity index (χ2n) is 4.83. The molecule has 2 rings (SSSR count). The third-order valence-electron chi connectivity index (χ3n) is 3.41. The van der Waals surface area contributed by atoms with Crippen LogP contribution in [0.1, 0.15) is 23.7 Å². The van der Waals surface area contributed by atoms with Gasteiger partial charge < -0.3 is 10.0 Å². The molecule has 0 spiro atoms. The van der Waals surface area contributed by atoms with Crippen molar-refractivity contribution >= 4 is 27.6 Å². The number of anilines is 1. The number of carboxylic acid groups (broad SMARTS) is 1. The largest absolute Gasteiger partial charge is 0.478 e. The monoisotopic (exact) mass is 326 g/mol. The first-order valence-electron chi connectivity index (χ1n) is 6.61. The fourth-order valence-corrected chi connectivity index (χ4v) is 2.91. The molecule has 0 radical (unpaired) electrons. The second-order valence-corrected chi connectivity index (χ2v) is 5.75. The number of benzene rings is 1. The normalized spacial score (nSPS) is 16.6. The van der Waals surface area contributed by atoms with Crippen LogP contribution in [0.3, 0.4) is 0 Å². The van der Waals surface area contributed by atoms with Gasteiger partial charge in [0.15, 0.2) is 0 Å². The van der Waals surface area contributed by atoms with Crippen LogP contribution in [0.15, 0.2) is 22.7 Å². The van der Waals surface area contributed by atoms with Crippen LogP contribution in [-0.2, 0) is 0 Å². The van der Waals surface area contributed by atoms with Crippen molar-refractivity contribution in [3.63, 3.8) is 0 Å². The lowest BCUT2D eigenvalue weighted by Crippen LogP contribution is -2.46. The molecule has 1 saturated heterocycles. The van der Waals surface area contributed by atoms with Gasteiger partial charge in [-0.05, 0) is 31.2 Å².